The van der Waals surface area contributed by atoms with Gasteiger partial charge in [-0.05, 0) is 50.7 Å². The SMILES string of the molecule is CC1(C)C2CC(N)CC2CN1c1ccc([N+](=O)[O-])cc1. The Bertz CT molecular complexity index is 526. The summed E-state index contributed by atoms with van der Waals surface area (Å²) in [6.07, 6.45) is 2.18. The van der Waals surface area contributed by atoms with Crippen LogP contribution in [0.2, 0.25) is 0 Å². The van der Waals surface area contributed by atoms with E-state index in [1.54, 1.807) is 12.1 Å². The van der Waals surface area contributed by atoms with Crippen LogP contribution in [-0.2, 0) is 0 Å². The van der Waals surface area contributed by atoms with Gasteiger partial charge >= 0.3 is 0 Å². The van der Waals surface area contributed by atoms with Crippen molar-refractivity contribution in [2.75, 3.05) is 11.4 Å². The number of non-ortho nitro benzene ring substituents is 1. The van der Waals surface area contributed by atoms with Crippen molar-refractivity contribution >= 4 is 11.4 Å². The molecule has 3 unspecified atom stereocenters. The van der Waals surface area contributed by atoms with Crippen LogP contribution in [0.15, 0.2) is 24.3 Å². The van der Waals surface area contributed by atoms with Gasteiger partial charge in [0.25, 0.3) is 5.69 Å². The monoisotopic (exact) mass is 275 g/mol. The fraction of sp³-hybridized carbons (Fsp3) is 0.600. The summed E-state index contributed by atoms with van der Waals surface area (Å²) < 4.78 is 0. The zero-order valence-electron chi connectivity index (χ0n) is 12.0. The lowest BCUT2D eigenvalue weighted by atomic mass is 9.84. The summed E-state index contributed by atoms with van der Waals surface area (Å²) in [6, 6.07) is 7.24. The largest absolute Gasteiger partial charge is 0.366 e. The summed E-state index contributed by atoms with van der Waals surface area (Å²) in [5.74, 6) is 1.27. The van der Waals surface area contributed by atoms with Crippen molar-refractivity contribution in [2.45, 2.75) is 38.3 Å². The van der Waals surface area contributed by atoms with Crippen LogP contribution < -0.4 is 10.6 Å². The van der Waals surface area contributed by atoms with Crippen LogP contribution in [0.5, 0.6) is 0 Å². The standard InChI is InChI=1S/C15H21N3O2/c1-15(2)14-8-11(16)7-10(14)9-17(15)12-3-5-13(6-4-12)18(19)20/h3-6,10-11,14H,7-9,16H2,1-2H3. The number of hydrogen-bond donors (Lipinski definition) is 1. The first kappa shape index (κ1) is 13.4. The van der Waals surface area contributed by atoms with Crippen molar-refractivity contribution in [2.24, 2.45) is 17.6 Å². The van der Waals surface area contributed by atoms with Crippen LogP contribution in [0, 0.1) is 22.0 Å². The number of benzene rings is 1. The zero-order chi connectivity index (χ0) is 14.5. The fourth-order valence-electron chi connectivity index (χ4n) is 4.10. The van der Waals surface area contributed by atoms with E-state index in [1.807, 2.05) is 12.1 Å². The quantitative estimate of drug-likeness (QED) is 0.665. The number of rotatable bonds is 2. The molecule has 3 rings (SSSR count). The highest BCUT2D eigenvalue weighted by molar-refractivity contribution is 5.54. The van der Waals surface area contributed by atoms with Crippen LogP contribution in [0.3, 0.4) is 0 Å². The molecule has 0 spiro atoms. The molecule has 108 valence electrons. The number of nitro benzene ring substituents is 1. The van der Waals surface area contributed by atoms with Crippen LogP contribution in [0.25, 0.3) is 0 Å². The first-order valence-electron chi connectivity index (χ1n) is 7.17. The number of fused-ring (bicyclic) bond motifs is 1. The van der Waals surface area contributed by atoms with E-state index in [2.05, 4.69) is 18.7 Å². The fourth-order valence-corrected chi connectivity index (χ4v) is 4.10. The Hall–Kier alpha value is -1.62. The van der Waals surface area contributed by atoms with Gasteiger partial charge in [0.1, 0.15) is 0 Å². The molecule has 1 aromatic carbocycles. The Balaban J connectivity index is 1.86. The highest BCUT2D eigenvalue weighted by Crippen LogP contribution is 2.49. The molecule has 1 aliphatic heterocycles. The maximum absolute atomic E-state index is 10.7. The minimum absolute atomic E-state index is 0.0644. The molecule has 0 aromatic heterocycles. The van der Waals surface area contributed by atoms with Gasteiger partial charge in [0.15, 0.2) is 0 Å². The van der Waals surface area contributed by atoms with E-state index < -0.39 is 0 Å². The van der Waals surface area contributed by atoms with Gasteiger partial charge in [-0.3, -0.25) is 10.1 Å². The number of anilines is 1. The van der Waals surface area contributed by atoms with Crippen molar-refractivity contribution in [3.63, 3.8) is 0 Å². The molecule has 0 bridgehead atoms. The van der Waals surface area contributed by atoms with Crippen LogP contribution >= 0.6 is 0 Å². The minimum atomic E-state index is -0.355. The van der Waals surface area contributed by atoms with Crippen LogP contribution in [-0.4, -0.2) is 23.0 Å². The van der Waals surface area contributed by atoms with Gasteiger partial charge in [-0.2, -0.15) is 0 Å². The van der Waals surface area contributed by atoms with Crippen molar-refractivity contribution in [3.8, 4) is 0 Å². The lowest BCUT2D eigenvalue weighted by Gasteiger charge is -2.37. The van der Waals surface area contributed by atoms with Gasteiger partial charge in [-0.1, -0.05) is 0 Å². The van der Waals surface area contributed by atoms with E-state index >= 15 is 0 Å². The van der Waals surface area contributed by atoms with Crippen molar-refractivity contribution in [3.05, 3.63) is 34.4 Å². The van der Waals surface area contributed by atoms with Gasteiger partial charge in [0, 0.05) is 35.9 Å². The van der Waals surface area contributed by atoms with Crippen LogP contribution in [0.1, 0.15) is 26.7 Å². The van der Waals surface area contributed by atoms with Gasteiger partial charge < -0.3 is 10.6 Å². The molecule has 2 N–H and O–H groups in total. The molecule has 1 aromatic rings. The summed E-state index contributed by atoms with van der Waals surface area (Å²) in [4.78, 5) is 12.8. The van der Waals surface area contributed by atoms with E-state index in [9.17, 15) is 10.1 Å². The molecule has 0 amide bonds. The molecular weight excluding hydrogens is 254 g/mol. The molecule has 5 nitrogen and oxygen atoms in total. The number of hydrogen-bond acceptors (Lipinski definition) is 4. The second kappa shape index (κ2) is 4.45. The maximum atomic E-state index is 10.7. The molecule has 1 saturated carbocycles. The lowest BCUT2D eigenvalue weighted by Crippen LogP contribution is -2.43. The molecule has 1 saturated heterocycles. The molecule has 5 heteroatoms. The van der Waals surface area contributed by atoms with E-state index in [0.29, 0.717) is 17.9 Å². The molecular formula is C15H21N3O2. The second-order valence-corrected chi connectivity index (χ2v) is 6.64. The van der Waals surface area contributed by atoms with Gasteiger partial charge in [-0.15, -0.1) is 0 Å². The van der Waals surface area contributed by atoms with Crippen molar-refractivity contribution < 1.29 is 4.92 Å². The molecule has 1 heterocycles. The van der Waals surface area contributed by atoms with E-state index in [4.69, 9.17) is 5.73 Å². The molecule has 20 heavy (non-hydrogen) atoms. The van der Waals surface area contributed by atoms with Gasteiger partial charge in [0.05, 0.1) is 4.92 Å². The van der Waals surface area contributed by atoms with Gasteiger partial charge in [0.2, 0.25) is 0 Å². The normalized spacial score (nSPS) is 31.4. The Morgan fingerprint density at radius 2 is 1.95 bits per heavy atom. The van der Waals surface area contributed by atoms with Crippen molar-refractivity contribution in [1.29, 1.82) is 0 Å². The topological polar surface area (TPSA) is 72.4 Å². The highest BCUT2D eigenvalue weighted by atomic mass is 16.6. The molecule has 0 radical (unpaired) electrons. The number of nitrogens with two attached hydrogens (primary N) is 1. The van der Waals surface area contributed by atoms with Gasteiger partial charge in [-0.25, -0.2) is 0 Å². The Morgan fingerprint density at radius 1 is 1.30 bits per heavy atom. The summed E-state index contributed by atoms with van der Waals surface area (Å²) in [5.41, 5.74) is 7.37. The third-order valence-corrected chi connectivity index (χ3v) is 5.12. The lowest BCUT2D eigenvalue weighted by molar-refractivity contribution is -0.384. The van der Waals surface area contributed by atoms with Crippen LogP contribution in [0.4, 0.5) is 11.4 Å². The summed E-state index contributed by atoms with van der Waals surface area (Å²) in [7, 11) is 0. The second-order valence-electron chi connectivity index (χ2n) is 6.64. The summed E-state index contributed by atoms with van der Waals surface area (Å²) in [5, 5.41) is 10.7. The van der Waals surface area contributed by atoms with E-state index in [0.717, 1.165) is 25.1 Å². The first-order chi connectivity index (χ1) is 9.39. The average Bonchev–Trinajstić information content (AvgIpc) is 2.87. The molecule has 1 aliphatic carbocycles. The predicted octanol–water partition coefficient (Wildman–Crippen LogP) is 2.55. The highest BCUT2D eigenvalue weighted by Gasteiger charge is 2.51. The third-order valence-electron chi connectivity index (χ3n) is 5.12. The van der Waals surface area contributed by atoms with E-state index in [1.165, 1.54) is 0 Å². The summed E-state index contributed by atoms with van der Waals surface area (Å²) in [6.45, 7) is 5.53. The third kappa shape index (κ3) is 1.97. The van der Waals surface area contributed by atoms with E-state index in [-0.39, 0.29) is 16.1 Å². The molecule has 3 atom stereocenters. The first-order valence-corrected chi connectivity index (χ1v) is 7.17. The average molecular weight is 275 g/mol. The predicted molar refractivity (Wildman–Crippen MR) is 78.7 cm³/mol. The molecule has 2 fully saturated rings. The number of nitro groups is 1. The Labute approximate surface area is 118 Å². The Morgan fingerprint density at radius 3 is 2.50 bits per heavy atom. The van der Waals surface area contributed by atoms with Crippen molar-refractivity contribution in [1.82, 2.24) is 0 Å². The minimum Gasteiger partial charge on any atom is -0.366 e. The Kier molecular flexibility index (Phi) is 2.97. The zero-order valence-corrected chi connectivity index (χ0v) is 12.0. The summed E-state index contributed by atoms with van der Waals surface area (Å²) >= 11 is 0. The molecule has 2 aliphatic rings. The maximum Gasteiger partial charge on any atom is 0.269 e. The smallest absolute Gasteiger partial charge is 0.269 e. The number of nitrogens with zero attached hydrogens (tertiary/aromatic N) is 2.